The fourth-order valence-corrected chi connectivity index (χ4v) is 2.64. The molecule has 2 aromatic rings. The molecule has 0 radical (unpaired) electrons. The summed E-state index contributed by atoms with van der Waals surface area (Å²) in [6.07, 6.45) is 3.71. The van der Waals surface area contributed by atoms with Gasteiger partial charge >= 0.3 is 0 Å². The number of sulfonamides is 1. The average molecular weight is 306 g/mol. The van der Waals surface area contributed by atoms with Crippen LogP contribution in [0.4, 0.5) is 0 Å². The summed E-state index contributed by atoms with van der Waals surface area (Å²) in [4.78, 5) is 0. The van der Waals surface area contributed by atoms with Crippen molar-refractivity contribution in [3.05, 3.63) is 53.5 Å². The van der Waals surface area contributed by atoms with Gasteiger partial charge in [-0.2, -0.15) is 0 Å². The predicted molar refractivity (Wildman–Crippen MR) is 81.8 cm³/mol. The third kappa shape index (κ3) is 4.80. The molecule has 1 heterocycles. The highest BCUT2D eigenvalue weighted by atomic mass is 32.2. The summed E-state index contributed by atoms with van der Waals surface area (Å²) in [5.41, 5.74) is 0.841. The van der Waals surface area contributed by atoms with Crippen molar-refractivity contribution in [1.82, 2.24) is 19.5 Å². The second-order valence-electron chi connectivity index (χ2n) is 4.44. The van der Waals surface area contributed by atoms with Crippen LogP contribution in [0.1, 0.15) is 18.3 Å². The van der Waals surface area contributed by atoms with E-state index in [0.29, 0.717) is 13.0 Å². The van der Waals surface area contributed by atoms with Crippen molar-refractivity contribution in [1.29, 1.82) is 0 Å². The zero-order valence-electron chi connectivity index (χ0n) is 11.8. The summed E-state index contributed by atoms with van der Waals surface area (Å²) in [6, 6.07) is 9.29. The molecule has 0 aliphatic carbocycles. The second kappa shape index (κ2) is 7.14. The minimum Gasteiger partial charge on any atom is -0.318 e. The minimum atomic E-state index is -3.44. The third-order valence-electron chi connectivity index (χ3n) is 2.93. The molecule has 2 rings (SSSR count). The van der Waals surface area contributed by atoms with Crippen molar-refractivity contribution in [2.45, 2.75) is 19.9 Å². The van der Waals surface area contributed by atoms with Crippen LogP contribution in [-0.4, -0.2) is 29.7 Å². The van der Waals surface area contributed by atoms with E-state index < -0.39 is 10.0 Å². The molecule has 0 spiro atoms. The van der Waals surface area contributed by atoms with E-state index in [1.54, 1.807) is 12.4 Å². The molecule has 0 bridgehead atoms. The van der Waals surface area contributed by atoms with Gasteiger partial charge in [0, 0.05) is 24.9 Å². The summed E-state index contributed by atoms with van der Waals surface area (Å²) in [7, 11) is -3.44. The first kappa shape index (κ1) is 15.4. The Balaban J connectivity index is 1.88. The van der Waals surface area contributed by atoms with Gasteiger partial charge < -0.3 is 4.57 Å². The number of nitrogens with zero attached hydrogens (tertiary/aromatic N) is 3. The molecule has 112 valence electrons. The summed E-state index contributed by atoms with van der Waals surface area (Å²) in [6.45, 7) is 3.04. The molecule has 7 heteroatoms. The van der Waals surface area contributed by atoms with Crippen LogP contribution in [0.3, 0.4) is 0 Å². The molecule has 0 saturated heterocycles. The van der Waals surface area contributed by atoms with Crippen LogP contribution in [0.2, 0.25) is 0 Å². The molecular weight excluding hydrogens is 288 g/mol. The number of aromatic nitrogens is 3. The van der Waals surface area contributed by atoms with Gasteiger partial charge in [0.1, 0.15) is 12.2 Å². The molecule has 1 aromatic carbocycles. The zero-order valence-corrected chi connectivity index (χ0v) is 12.6. The van der Waals surface area contributed by atoms with E-state index in [0.717, 1.165) is 17.9 Å². The lowest BCUT2D eigenvalue weighted by atomic mass is 10.2. The Bertz CT molecular complexity index is 693. The normalized spacial score (nSPS) is 12.0. The van der Waals surface area contributed by atoms with Gasteiger partial charge in [-0.1, -0.05) is 30.3 Å². The van der Waals surface area contributed by atoms with E-state index in [2.05, 4.69) is 14.9 Å². The first-order chi connectivity index (χ1) is 10.1. The van der Waals surface area contributed by atoms with Gasteiger partial charge in [-0.05, 0) is 18.6 Å². The Labute approximate surface area is 124 Å². The topological polar surface area (TPSA) is 76.9 Å². The fourth-order valence-electron chi connectivity index (χ4n) is 1.82. The van der Waals surface area contributed by atoms with Crippen LogP contribution in [0.5, 0.6) is 0 Å². The average Bonchev–Trinajstić information content (AvgIpc) is 2.94. The van der Waals surface area contributed by atoms with Crippen LogP contribution in [0.25, 0.3) is 6.08 Å². The van der Waals surface area contributed by atoms with E-state index in [9.17, 15) is 8.42 Å². The maximum absolute atomic E-state index is 11.8. The summed E-state index contributed by atoms with van der Waals surface area (Å²) < 4.78 is 28.1. The van der Waals surface area contributed by atoms with Crippen molar-refractivity contribution in [3.8, 4) is 0 Å². The lowest BCUT2D eigenvalue weighted by Gasteiger charge is -2.04. The number of hydrogen-bond donors (Lipinski definition) is 1. The Morgan fingerprint density at radius 1 is 1.29 bits per heavy atom. The van der Waals surface area contributed by atoms with Gasteiger partial charge in [-0.3, -0.25) is 0 Å². The smallest absolute Gasteiger partial charge is 0.233 e. The number of rotatable bonds is 7. The fraction of sp³-hybridized carbons (Fsp3) is 0.286. The summed E-state index contributed by atoms with van der Waals surface area (Å²) >= 11 is 0. The van der Waals surface area contributed by atoms with Gasteiger partial charge in [0.25, 0.3) is 0 Å². The molecule has 0 aliphatic heterocycles. The SMILES string of the molecule is CCn1cnnc1CCNS(=O)(=O)C=Cc1ccccc1. The first-order valence-electron chi connectivity index (χ1n) is 6.70. The molecular formula is C14H18N4O2S. The summed E-state index contributed by atoms with van der Waals surface area (Å²) in [5.74, 6) is 0.771. The van der Waals surface area contributed by atoms with Gasteiger partial charge in [0.2, 0.25) is 10.0 Å². The van der Waals surface area contributed by atoms with E-state index in [1.807, 2.05) is 41.8 Å². The van der Waals surface area contributed by atoms with Crippen LogP contribution in [-0.2, 0) is 23.0 Å². The highest BCUT2D eigenvalue weighted by Gasteiger charge is 2.07. The molecule has 21 heavy (non-hydrogen) atoms. The van der Waals surface area contributed by atoms with Gasteiger partial charge in [-0.25, -0.2) is 13.1 Å². The van der Waals surface area contributed by atoms with Gasteiger partial charge in [0.15, 0.2) is 0 Å². The van der Waals surface area contributed by atoms with E-state index in [1.165, 1.54) is 5.41 Å². The molecule has 6 nitrogen and oxygen atoms in total. The highest BCUT2D eigenvalue weighted by Crippen LogP contribution is 2.03. The quantitative estimate of drug-likeness (QED) is 0.839. The number of nitrogens with one attached hydrogen (secondary N) is 1. The van der Waals surface area contributed by atoms with Crippen molar-refractivity contribution in [2.75, 3.05) is 6.54 Å². The molecule has 0 saturated carbocycles. The van der Waals surface area contributed by atoms with Crippen molar-refractivity contribution in [3.63, 3.8) is 0 Å². The van der Waals surface area contributed by atoms with Crippen molar-refractivity contribution >= 4 is 16.1 Å². The van der Waals surface area contributed by atoms with E-state index >= 15 is 0 Å². The van der Waals surface area contributed by atoms with E-state index in [4.69, 9.17) is 0 Å². The lowest BCUT2D eigenvalue weighted by molar-refractivity contribution is 0.588. The molecule has 0 atom stereocenters. The Kier molecular flexibility index (Phi) is 5.24. The lowest BCUT2D eigenvalue weighted by Crippen LogP contribution is -2.24. The molecule has 0 aliphatic rings. The van der Waals surface area contributed by atoms with Gasteiger partial charge in [0.05, 0.1) is 0 Å². The number of aryl methyl sites for hydroxylation is 1. The maximum Gasteiger partial charge on any atom is 0.233 e. The minimum absolute atomic E-state index is 0.292. The van der Waals surface area contributed by atoms with Gasteiger partial charge in [-0.15, -0.1) is 10.2 Å². The Hall–Kier alpha value is -1.99. The largest absolute Gasteiger partial charge is 0.318 e. The Morgan fingerprint density at radius 3 is 2.76 bits per heavy atom. The van der Waals surface area contributed by atoms with Crippen LogP contribution in [0, 0.1) is 0 Å². The highest BCUT2D eigenvalue weighted by molar-refractivity contribution is 7.92. The maximum atomic E-state index is 11.8. The van der Waals surface area contributed by atoms with Crippen LogP contribution < -0.4 is 4.72 Å². The van der Waals surface area contributed by atoms with E-state index in [-0.39, 0.29) is 0 Å². The molecule has 0 fully saturated rings. The number of hydrogen-bond acceptors (Lipinski definition) is 4. The molecule has 0 unspecified atom stereocenters. The monoisotopic (exact) mass is 306 g/mol. The number of benzene rings is 1. The summed E-state index contributed by atoms with van der Waals surface area (Å²) in [5, 5.41) is 8.94. The van der Waals surface area contributed by atoms with Crippen molar-refractivity contribution < 1.29 is 8.42 Å². The standard InChI is InChI=1S/C14H18N4O2S/c1-2-18-12-15-17-14(18)8-10-16-21(19,20)11-9-13-6-4-3-5-7-13/h3-7,9,11-12,16H,2,8,10H2,1H3. The Morgan fingerprint density at radius 2 is 2.05 bits per heavy atom. The zero-order chi connectivity index (χ0) is 15.1. The van der Waals surface area contributed by atoms with Crippen molar-refractivity contribution in [2.24, 2.45) is 0 Å². The molecule has 0 amide bonds. The second-order valence-corrected chi connectivity index (χ2v) is 6.09. The molecule has 1 aromatic heterocycles. The first-order valence-corrected chi connectivity index (χ1v) is 8.25. The predicted octanol–water partition coefficient (Wildman–Crippen LogP) is 1.43. The van der Waals surface area contributed by atoms with Crippen LogP contribution >= 0.6 is 0 Å². The molecule has 1 N–H and O–H groups in total. The van der Waals surface area contributed by atoms with Crippen LogP contribution in [0.15, 0.2) is 42.1 Å². The third-order valence-corrected chi connectivity index (χ3v) is 4.03.